The molecule has 1 aromatic carbocycles. The third-order valence-electron chi connectivity index (χ3n) is 6.73. The minimum Gasteiger partial charge on any atom is -0.321 e. The molecule has 0 atom stereocenters. The second kappa shape index (κ2) is 10.1. The number of hydrogen-bond acceptors (Lipinski definition) is 7. The molecule has 40 heavy (non-hydrogen) atoms. The van der Waals surface area contributed by atoms with E-state index in [2.05, 4.69) is 52.6 Å². The molecular formula is C30H22FN9. The Morgan fingerprint density at radius 2 is 1.60 bits per heavy atom. The van der Waals surface area contributed by atoms with Gasteiger partial charge in [-0.2, -0.15) is 5.10 Å². The molecule has 10 heteroatoms. The van der Waals surface area contributed by atoms with Gasteiger partial charge < -0.3 is 10.3 Å². The molecule has 0 aliphatic carbocycles. The van der Waals surface area contributed by atoms with Gasteiger partial charge in [0.25, 0.3) is 0 Å². The van der Waals surface area contributed by atoms with E-state index in [9.17, 15) is 0 Å². The smallest absolute Gasteiger partial charge is 0.161 e. The van der Waals surface area contributed by atoms with Crippen molar-refractivity contribution in [3.05, 3.63) is 109 Å². The number of fused-ring (bicyclic) bond motifs is 2. The molecule has 6 aromatic heterocycles. The maximum Gasteiger partial charge on any atom is 0.161 e. The Hall–Kier alpha value is -5.35. The Morgan fingerprint density at radius 3 is 2.48 bits per heavy atom. The fraction of sp³-hybridized carbons (Fsp3) is 0.0667. The number of aromatic nitrogens is 8. The first-order valence-electron chi connectivity index (χ1n) is 12.7. The van der Waals surface area contributed by atoms with E-state index < -0.39 is 5.82 Å². The molecule has 0 saturated carbocycles. The van der Waals surface area contributed by atoms with Crippen LogP contribution in [0.2, 0.25) is 0 Å². The summed E-state index contributed by atoms with van der Waals surface area (Å²) in [6, 6.07) is 17.8. The molecule has 0 unspecified atom stereocenters. The van der Waals surface area contributed by atoms with Gasteiger partial charge in [0.1, 0.15) is 17.0 Å². The topological polar surface area (TPSA) is 121 Å². The van der Waals surface area contributed by atoms with E-state index in [1.54, 1.807) is 31.0 Å². The lowest BCUT2D eigenvalue weighted by molar-refractivity contribution is 0.642. The SMILES string of the molecule is Fc1c(-c2cncc(CNCc3ccccc3)c2)cnc2[nH]nc(-c3nc4c(-c5ccncc5)ccnc4[nH]3)c12. The molecule has 9 nitrogen and oxygen atoms in total. The van der Waals surface area contributed by atoms with Crippen LogP contribution in [-0.2, 0) is 13.1 Å². The zero-order valence-corrected chi connectivity index (χ0v) is 21.1. The number of benzene rings is 1. The molecule has 0 aliphatic rings. The van der Waals surface area contributed by atoms with Crippen LogP contribution in [0.15, 0.2) is 91.8 Å². The van der Waals surface area contributed by atoms with Crippen LogP contribution in [0.5, 0.6) is 0 Å². The van der Waals surface area contributed by atoms with Crippen molar-refractivity contribution in [3.8, 4) is 33.8 Å². The van der Waals surface area contributed by atoms with Crippen LogP contribution >= 0.6 is 0 Å². The van der Waals surface area contributed by atoms with Crippen molar-refractivity contribution in [3.63, 3.8) is 0 Å². The first-order valence-corrected chi connectivity index (χ1v) is 12.7. The minimum atomic E-state index is -0.451. The summed E-state index contributed by atoms with van der Waals surface area (Å²) in [4.78, 5) is 25.3. The first-order chi connectivity index (χ1) is 19.7. The molecule has 6 heterocycles. The number of rotatable bonds is 7. The minimum absolute atomic E-state index is 0.245. The number of nitrogens with one attached hydrogen (secondary N) is 3. The third kappa shape index (κ3) is 4.36. The molecule has 0 amide bonds. The highest BCUT2D eigenvalue weighted by Crippen LogP contribution is 2.34. The van der Waals surface area contributed by atoms with Gasteiger partial charge in [-0.25, -0.2) is 19.3 Å². The Morgan fingerprint density at radius 1 is 0.750 bits per heavy atom. The van der Waals surface area contributed by atoms with E-state index in [-0.39, 0.29) is 5.39 Å². The van der Waals surface area contributed by atoms with Crippen molar-refractivity contribution in [1.29, 1.82) is 0 Å². The van der Waals surface area contributed by atoms with Crippen LogP contribution in [0.1, 0.15) is 11.1 Å². The summed E-state index contributed by atoms with van der Waals surface area (Å²) in [7, 11) is 0. The van der Waals surface area contributed by atoms with Gasteiger partial charge in [0.15, 0.2) is 17.1 Å². The van der Waals surface area contributed by atoms with Gasteiger partial charge in [0.2, 0.25) is 0 Å². The van der Waals surface area contributed by atoms with Gasteiger partial charge in [-0.15, -0.1) is 0 Å². The summed E-state index contributed by atoms with van der Waals surface area (Å²) < 4.78 is 16.1. The number of H-pyrrole nitrogens is 2. The zero-order chi connectivity index (χ0) is 26.9. The van der Waals surface area contributed by atoms with Crippen molar-refractivity contribution in [2.24, 2.45) is 0 Å². The van der Waals surface area contributed by atoms with Crippen molar-refractivity contribution in [2.75, 3.05) is 0 Å². The summed E-state index contributed by atoms with van der Waals surface area (Å²) in [6.45, 7) is 1.32. The van der Waals surface area contributed by atoms with Gasteiger partial charge in [-0.3, -0.25) is 15.1 Å². The molecule has 7 rings (SSSR count). The summed E-state index contributed by atoms with van der Waals surface area (Å²) in [5, 5.41) is 10.9. The predicted molar refractivity (Wildman–Crippen MR) is 150 cm³/mol. The molecule has 0 spiro atoms. The number of halogens is 1. The van der Waals surface area contributed by atoms with Crippen molar-refractivity contribution >= 4 is 22.2 Å². The summed E-state index contributed by atoms with van der Waals surface area (Å²) in [6.07, 6.45) is 10.1. The molecule has 3 N–H and O–H groups in total. The average molecular weight is 528 g/mol. The highest BCUT2D eigenvalue weighted by Gasteiger charge is 2.21. The average Bonchev–Trinajstić information content (AvgIpc) is 3.63. The molecule has 0 bridgehead atoms. The largest absolute Gasteiger partial charge is 0.321 e. The number of pyridine rings is 4. The molecule has 7 aromatic rings. The van der Waals surface area contributed by atoms with E-state index >= 15 is 4.39 Å². The van der Waals surface area contributed by atoms with Gasteiger partial charge >= 0.3 is 0 Å². The third-order valence-corrected chi connectivity index (χ3v) is 6.73. The standard InChI is InChI=1S/C30H22FN9/c31-25-23(21-12-19(15-34-16-21)14-33-13-18-4-2-1-3-5-18)17-36-28-24(25)27(39-40-28)30-37-26-22(8-11-35-29(26)38-30)20-6-9-32-10-7-20/h1-12,15-17,33H,13-14H2,(H,35,37,38)(H,36,39,40). The van der Waals surface area contributed by atoms with E-state index in [0.717, 1.165) is 23.2 Å². The van der Waals surface area contributed by atoms with Gasteiger partial charge in [-0.05, 0) is 41.0 Å². The normalized spacial score (nSPS) is 11.4. The molecule has 0 aliphatic heterocycles. The quantitative estimate of drug-likeness (QED) is 0.252. The lowest BCUT2D eigenvalue weighted by atomic mass is 10.1. The number of aromatic amines is 2. The lowest BCUT2D eigenvalue weighted by Gasteiger charge is -2.08. The van der Waals surface area contributed by atoms with Crippen LogP contribution in [0.4, 0.5) is 4.39 Å². The van der Waals surface area contributed by atoms with Crippen LogP contribution in [0.3, 0.4) is 0 Å². The maximum atomic E-state index is 16.1. The van der Waals surface area contributed by atoms with E-state index in [0.29, 0.717) is 46.0 Å². The first kappa shape index (κ1) is 23.7. The number of hydrogen-bond donors (Lipinski definition) is 3. The van der Waals surface area contributed by atoms with Crippen LogP contribution in [0.25, 0.3) is 56.0 Å². The summed E-state index contributed by atoms with van der Waals surface area (Å²) in [5.41, 5.74) is 6.81. The molecular weight excluding hydrogens is 505 g/mol. The number of imidazole rings is 1. The van der Waals surface area contributed by atoms with E-state index in [4.69, 9.17) is 4.98 Å². The van der Waals surface area contributed by atoms with Gasteiger partial charge in [0, 0.05) is 67.0 Å². The second-order valence-corrected chi connectivity index (χ2v) is 9.33. The fourth-order valence-electron chi connectivity index (χ4n) is 4.79. The van der Waals surface area contributed by atoms with Gasteiger partial charge in [-0.1, -0.05) is 30.3 Å². The fourth-order valence-corrected chi connectivity index (χ4v) is 4.79. The van der Waals surface area contributed by atoms with Gasteiger partial charge in [0.05, 0.1) is 5.39 Å². The van der Waals surface area contributed by atoms with Crippen LogP contribution in [0, 0.1) is 5.82 Å². The number of nitrogens with zero attached hydrogens (tertiary/aromatic N) is 6. The lowest BCUT2D eigenvalue weighted by Crippen LogP contribution is -2.12. The summed E-state index contributed by atoms with van der Waals surface area (Å²) in [5.74, 6) is -0.0576. The van der Waals surface area contributed by atoms with Crippen LogP contribution < -0.4 is 5.32 Å². The zero-order valence-electron chi connectivity index (χ0n) is 21.1. The Labute approximate surface area is 227 Å². The monoisotopic (exact) mass is 527 g/mol. The van der Waals surface area contributed by atoms with Crippen LogP contribution in [-0.4, -0.2) is 40.1 Å². The Kier molecular flexibility index (Phi) is 5.98. The maximum absolute atomic E-state index is 16.1. The molecule has 0 radical (unpaired) electrons. The highest BCUT2D eigenvalue weighted by molar-refractivity contribution is 5.96. The Bertz CT molecular complexity index is 1950. The van der Waals surface area contributed by atoms with Crippen molar-refractivity contribution in [1.82, 2.24) is 45.4 Å². The van der Waals surface area contributed by atoms with Crippen molar-refractivity contribution in [2.45, 2.75) is 13.1 Å². The van der Waals surface area contributed by atoms with Crippen molar-refractivity contribution < 1.29 is 4.39 Å². The van der Waals surface area contributed by atoms with E-state index in [1.807, 2.05) is 42.5 Å². The highest BCUT2D eigenvalue weighted by atomic mass is 19.1. The predicted octanol–water partition coefficient (Wildman–Crippen LogP) is 5.45. The Balaban J connectivity index is 1.23. The second-order valence-electron chi connectivity index (χ2n) is 9.33. The summed E-state index contributed by atoms with van der Waals surface area (Å²) >= 11 is 0. The molecule has 194 valence electrons. The molecule has 0 fully saturated rings. The van der Waals surface area contributed by atoms with E-state index in [1.165, 1.54) is 11.8 Å². The molecule has 0 saturated heterocycles.